The van der Waals surface area contributed by atoms with Gasteiger partial charge in [-0.05, 0) is 37.6 Å². The number of aryl methyl sites for hydroxylation is 1. The molecule has 0 radical (unpaired) electrons. The number of amides is 1. The minimum Gasteiger partial charge on any atom is -0.484 e. The van der Waals surface area contributed by atoms with Gasteiger partial charge in [0.05, 0.1) is 5.56 Å². The first-order valence-corrected chi connectivity index (χ1v) is 9.08. The molecule has 5 nitrogen and oxygen atoms in total. The summed E-state index contributed by atoms with van der Waals surface area (Å²) in [6.45, 7) is 4.12. The SMILES string of the molecule is Cc1ccc(OCC(=O)N2CCCN(c3ccc(C(F)(F)F)cn3)CC2)cc1. The first-order valence-electron chi connectivity index (χ1n) is 9.08. The molecule has 1 fully saturated rings. The van der Waals surface area contributed by atoms with Gasteiger partial charge in [-0.1, -0.05) is 17.7 Å². The normalized spacial score (nSPS) is 15.3. The van der Waals surface area contributed by atoms with Gasteiger partial charge in [-0.25, -0.2) is 4.98 Å². The molecule has 1 saturated heterocycles. The third-order valence-electron chi connectivity index (χ3n) is 4.63. The number of benzene rings is 1. The van der Waals surface area contributed by atoms with E-state index in [1.54, 1.807) is 4.90 Å². The van der Waals surface area contributed by atoms with Crippen LogP contribution in [0.3, 0.4) is 0 Å². The van der Waals surface area contributed by atoms with E-state index in [0.717, 1.165) is 17.8 Å². The van der Waals surface area contributed by atoms with Gasteiger partial charge in [0, 0.05) is 32.4 Å². The summed E-state index contributed by atoms with van der Waals surface area (Å²) >= 11 is 0. The third kappa shape index (κ3) is 5.15. The van der Waals surface area contributed by atoms with E-state index in [1.165, 1.54) is 6.07 Å². The number of ether oxygens (including phenoxy) is 1. The smallest absolute Gasteiger partial charge is 0.417 e. The highest BCUT2D eigenvalue weighted by Gasteiger charge is 2.31. The van der Waals surface area contributed by atoms with Crippen molar-refractivity contribution in [3.63, 3.8) is 0 Å². The van der Waals surface area contributed by atoms with Crippen LogP contribution in [-0.4, -0.2) is 48.6 Å². The van der Waals surface area contributed by atoms with E-state index in [1.807, 2.05) is 36.1 Å². The van der Waals surface area contributed by atoms with Crippen LogP contribution in [0.5, 0.6) is 5.75 Å². The summed E-state index contributed by atoms with van der Waals surface area (Å²) in [5.74, 6) is 1.02. The van der Waals surface area contributed by atoms with Crippen molar-refractivity contribution < 1.29 is 22.7 Å². The van der Waals surface area contributed by atoms with Gasteiger partial charge in [0.1, 0.15) is 11.6 Å². The van der Waals surface area contributed by atoms with Crippen LogP contribution in [0, 0.1) is 6.92 Å². The standard InChI is InChI=1S/C20H22F3N3O2/c1-15-3-6-17(7-4-15)28-14-19(27)26-10-2-9-25(11-12-26)18-8-5-16(13-24-18)20(21,22)23/h3-8,13H,2,9-12,14H2,1H3. The van der Waals surface area contributed by atoms with Gasteiger partial charge in [0.25, 0.3) is 5.91 Å². The lowest BCUT2D eigenvalue weighted by Crippen LogP contribution is -2.38. The predicted octanol–water partition coefficient (Wildman–Crippen LogP) is 3.53. The molecule has 0 spiro atoms. The molecule has 150 valence electrons. The maximum absolute atomic E-state index is 12.7. The fraction of sp³-hybridized carbons (Fsp3) is 0.400. The molecule has 2 aromatic rings. The van der Waals surface area contributed by atoms with Crippen LogP contribution in [0.2, 0.25) is 0 Å². The summed E-state index contributed by atoms with van der Waals surface area (Å²) < 4.78 is 43.6. The monoisotopic (exact) mass is 393 g/mol. The van der Waals surface area contributed by atoms with Gasteiger partial charge in [0.15, 0.2) is 6.61 Å². The molecule has 0 aliphatic carbocycles. The number of rotatable bonds is 4. The first-order chi connectivity index (χ1) is 13.3. The van der Waals surface area contributed by atoms with E-state index < -0.39 is 11.7 Å². The maximum atomic E-state index is 12.7. The predicted molar refractivity (Wildman–Crippen MR) is 99.3 cm³/mol. The van der Waals surface area contributed by atoms with Crippen molar-refractivity contribution in [2.75, 3.05) is 37.7 Å². The number of halogens is 3. The van der Waals surface area contributed by atoms with Crippen LogP contribution < -0.4 is 9.64 Å². The second-order valence-corrected chi connectivity index (χ2v) is 6.73. The van der Waals surface area contributed by atoms with Crippen molar-refractivity contribution in [1.82, 2.24) is 9.88 Å². The molecular formula is C20H22F3N3O2. The molecule has 0 saturated carbocycles. The lowest BCUT2D eigenvalue weighted by Gasteiger charge is -2.23. The number of alkyl halides is 3. The second-order valence-electron chi connectivity index (χ2n) is 6.73. The zero-order chi connectivity index (χ0) is 20.1. The first kappa shape index (κ1) is 20.0. The number of carbonyl (C=O) groups excluding carboxylic acids is 1. The zero-order valence-corrected chi connectivity index (χ0v) is 15.6. The average Bonchev–Trinajstić information content (AvgIpc) is 2.93. The van der Waals surface area contributed by atoms with E-state index in [4.69, 9.17) is 4.74 Å². The molecule has 0 bridgehead atoms. The largest absolute Gasteiger partial charge is 0.484 e. The lowest BCUT2D eigenvalue weighted by molar-refractivity contribution is -0.137. The van der Waals surface area contributed by atoms with Crippen LogP contribution in [-0.2, 0) is 11.0 Å². The fourth-order valence-electron chi connectivity index (χ4n) is 3.01. The minimum atomic E-state index is -4.40. The van der Waals surface area contributed by atoms with Crippen LogP contribution in [0.1, 0.15) is 17.5 Å². The molecule has 8 heteroatoms. The molecule has 0 unspecified atom stereocenters. The summed E-state index contributed by atoms with van der Waals surface area (Å²) in [4.78, 5) is 20.0. The number of aromatic nitrogens is 1. The van der Waals surface area contributed by atoms with Crippen LogP contribution in [0.25, 0.3) is 0 Å². The second kappa shape index (κ2) is 8.50. The summed E-state index contributed by atoms with van der Waals surface area (Å²) in [5.41, 5.74) is 0.347. The Balaban J connectivity index is 1.54. The molecule has 1 amide bonds. The number of pyridine rings is 1. The molecule has 3 rings (SSSR count). The van der Waals surface area contributed by atoms with E-state index in [9.17, 15) is 18.0 Å². The number of nitrogens with zero attached hydrogens (tertiary/aromatic N) is 3. The van der Waals surface area contributed by atoms with E-state index in [-0.39, 0.29) is 12.5 Å². The molecule has 2 heterocycles. The third-order valence-corrected chi connectivity index (χ3v) is 4.63. The molecule has 1 aromatic carbocycles. The van der Waals surface area contributed by atoms with E-state index in [2.05, 4.69) is 4.98 Å². The molecule has 1 aromatic heterocycles. The Bertz CT molecular complexity index is 792. The van der Waals surface area contributed by atoms with Crippen molar-refractivity contribution in [3.8, 4) is 5.75 Å². The van der Waals surface area contributed by atoms with Crippen LogP contribution in [0.15, 0.2) is 42.6 Å². The Morgan fingerprint density at radius 1 is 1.07 bits per heavy atom. The maximum Gasteiger partial charge on any atom is 0.417 e. The van der Waals surface area contributed by atoms with Crippen molar-refractivity contribution in [2.24, 2.45) is 0 Å². The molecule has 0 atom stereocenters. The van der Waals surface area contributed by atoms with Gasteiger partial charge in [-0.15, -0.1) is 0 Å². The van der Waals surface area contributed by atoms with Gasteiger partial charge >= 0.3 is 6.18 Å². The summed E-state index contributed by atoms with van der Waals surface area (Å²) in [6.07, 6.45) is -2.84. The fourth-order valence-corrected chi connectivity index (χ4v) is 3.01. The zero-order valence-electron chi connectivity index (χ0n) is 15.6. The van der Waals surface area contributed by atoms with Gasteiger partial charge in [-0.2, -0.15) is 13.2 Å². The molecule has 1 aliphatic heterocycles. The Kier molecular flexibility index (Phi) is 6.06. The number of hydrogen-bond donors (Lipinski definition) is 0. The summed E-state index contributed by atoms with van der Waals surface area (Å²) in [7, 11) is 0. The Morgan fingerprint density at radius 2 is 1.82 bits per heavy atom. The van der Waals surface area contributed by atoms with Crippen molar-refractivity contribution in [2.45, 2.75) is 19.5 Å². The van der Waals surface area contributed by atoms with Crippen molar-refractivity contribution in [1.29, 1.82) is 0 Å². The number of hydrogen-bond acceptors (Lipinski definition) is 4. The molecule has 28 heavy (non-hydrogen) atoms. The number of anilines is 1. The molecule has 0 N–H and O–H groups in total. The summed E-state index contributed by atoms with van der Waals surface area (Å²) in [6, 6.07) is 9.89. The van der Waals surface area contributed by atoms with Crippen LogP contribution in [0.4, 0.5) is 19.0 Å². The highest BCUT2D eigenvalue weighted by molar-refractivity contribution is 5.77. The highest BCUT2D eigenvalue weighted by Crippen LogP contribution is 2.29. The Labute approximate surface area is 161 Å². The summed E-state index contributed by atoms with van der Waals surface area (Å²) in [5, 5.41) is 0. The quantitative estimate of drug-likeness (QED) is 0.797. The average molecular weight is 393 g/mol. The molecular weight excluding hydrogens is 371 g/mol. The Morgan fingerprint density at radius 3 is 2.46 bits per heavy atom. The Hall–Kier alpha value is -2.77. The van der Waals surface area contributed by atoms with Gasteiger partial charge < -0.3 is 14.5 Å². The lowest BCUT2D eigenvalue weighted by atomic mass is 10.2. The van der Waals surface area contributed by atoms with Gasteiger partial charge in [0.2, 0.25) is 0 Å². The van der Waals surface area contributed by atoms with E-state index in [0.29, 0.717) is 44.2 Å². The minimum absolute atomic E-state index is 0.0401. The van der Waals surface area contributed by atoms with Crippen molar-refractivity contribution in [3.05, 3.63) is 53.7 Å². The highest BCUT2D eigenvalue weighted by atomic mass is 19.4. The topological polar surface area (TPSA) is 45.7 Å². The molecule has 1 aliphatic rings. The van der Waals surface area contributed by atoms with Crippen molar-refractivity contribution >= 4 is 11.7 Å². The van der Waals surface area contributed by atoms with Gasteiger partial charge in [-0.3, -0.25) is 4.79 Å². The number of carbonyl (C=O) groups is 1. The van der Waals surface area contributed by atoms with E-state index >= 15 is 0 Å². The van der Waals surface area contributed by atoms with Crippen LogP contribution >= 0.6 is 0 Å².